The van der Waals surface area contributed by atoms with Gasteiger partial charge in [-0.3, -0.25) is 4.79 Å². The average molecular weight is 260 g/mol. The number of likely N-dealkylation sites (N-methyl/N-ethyl adjacent to an activating group) is 1. The van der Waals surface area contributed by atoms with Crippen molar-refractivity contribution >= 4 is 17.5 Å². The van der Waals surface area contributed by atoms with Crippen molar-refractivity contribution in [1.82, 2.24) is 15.8 Å². The van der Waals surface area contributed by atoms with Crippen LogP contribution < -0.4 is 10.6 Å². The predicted molar refractivity (Wildman–Crippen MR) is 66.1 cm³/mol. The first-order valence-corrected chi connectivity index (χ1v) is 6.11. The number of aromatic nitrogens is 1. The van der Waals surface area contributed by atoms with Crippen LogP contribution in [0.2, 0.25) is 5.22 Å². The Kier molecular flexibility index (Phi) is 6.00. The molecule has 0 aliphatic heterocycles. The predicted octanol–water partition coefficient (Wildman–Crippen LogP) is 1.29. The highest BCUT2D eigenvalue weighted by molar-refractivity contribution is 6.29. The van der Waals surface area contributed by atoms with Gasteiger partial charge in [0.15, 0.2) is 0 Å². The van der Waals surface area contributed by atoms with Gasteiger partial charge in [-0.1, -0.05) is 12.1 Å². The molecule has 0 unspecified atom stereocenters. The molecule has 0 atom stereocenters. The van der Waals surface area contributed by atoms with Crippen LogP contribution in [0.1, 0.15) is 24.6 Å². The molecule has 0 fully saturated rings. The molecule has 0 saturated carbocycles. The minimum absolute atomic E-state index is 0.0135. The zero-order valence-corrected chi connectivity index (χ0v) is 10.9. The Morgan fingerprint density at radius 2 is 2.24 bits per heavy atom. The fraction of sp³-hybridized carbons (Fsp3) is 0.636. The molecule has 5 nitrogen and oxygen atoms in total. The molecule has 1 aromatic rings. The van der Waals surface area contributed by atoms with Gasteiger partial charge in [0.05, 0.1) is 5.69 Å². The molecule has 2 N–H and O–H groups in total. The van der Waals surface area contributed by atoms with E-state index in [0.29, 0.717) is 19.4 Å². The molecule has 0 spiro atoms. The van der Waals surface area contributed by atoms with Crippen LogP contribution in [0.25, 0.3) is 0 Å². The molecule has 1 aromatic heterocycles. The van der Waals surface area contributed by atoms with E-state index in [1.807, 2.05) is 13.8 Å². The number of halogens is 1. The van der Waals surface area contributed by atoms with Gasteiger partial charge in [-0.05, 0) is 31.5 Å². The van der Waals surface area contributed by atoms with Crippen molar-refractivity contribution in [3.8, 4) is 0 Å². The third-order valence-electron chi connectivity index (χ3n) is 2.41. The van der Waals surface area contributed by atoms with E-state index in [2.05, 4.69) is 15.8 Å². The van der Waals surface area contributed by atoms with Crippen molar-refractivity contribution in [2.24, 2.45) is 0 Å². The summed E-state index contributed by atoms with van der Waals surface area (Å²) in [4.78, 5) is 11.5. The molecule has 0 bridgehead atoms. The van der Waals surface area contributed by atoms with E-state index in [1.54, 1.807) is 0 Å². The molecule has 0 saturated heterocycles. The van der Waals surface area contributed by atoms with Crippen molar-refractivity contribution in [3.63, 3.8) is 0 Å². The van der Waals surface area contributed by atoms with Crippen molar-refractivity contribution < 1.29 is 9.32 Å². The Morgan fingerprint density at radius 3 is 2.82 bits per heavy atom. The molecule has 0 aliphatic carbocycles. The minimum atomic E-state index is 0.0135. The maximum absolute atomic E-state index is 11.5. The van der Waals surface area contributed by atoms with Crippen LogP contribution in [0.4, 0.5) is 0 Å². The Hall–Kier alpha value is -1.07. The van der Waals surface area contributed by atoms with Gasteiger partial charge in [-0.15, -0.1) is 0 Å². The molecule has 6 heteroatoms. The van der Waals surface area contributed by atoms with Crippen molar-refractivity contribution in [3.05, 3.63) is 16.5 Å². The molecule has 0 aliphatic rings. The number of aryl methyl sites for hydroxylation is 1. The third-order valence-corrected chi connectivity index (χ3v) is 2.71. The van der Waals surface area contributed by atoms with E-state index >= 15 is 0 Å². The standard InChI is InChI=1S/C11H18ClN3O2/c1-3-13-6-7-14-10(16)5-4-9-8(2)15-17-11(9)12/h13H,3-7H2,1-2H3,(H,14,16). The zero-order valence-electron chi connectivity index (χ0n) is 10.2. The fourth-order valence-corrected chi connectivity index (χ4v) is 1.70. The Morgan fingerprint density at radius 1 is 1.47 bits per heavy atom. The van der Waals surface area contributed by atoms with Crippen LogP contribution in [0.15, 0.2) is 4.52 Å². The summed E-state index contributed by atoms with van der Waals surface area (Å²) in [6.07, 6.45) is 0.953. The summed E-state index contributed by atoms with van der Waals surface area (Å²) in [7, 11) is 0. The molecular formula is C11H18ClN3O2. The monoisotopic (exact) mass is 259 g/mol. The zero-order chi connectivity index (χ0) is 12.7. The van der Waals surface area contributed by atoms with Gasteiger partial charge < -0.3 is 15.2 Å². The van der Waals surface area contributed by atoms with E-state index in [-0.39, 0.29) is 11.1 Å². The van der Waals surface area contributed by atoms with Crippen LogP contribution in [-0.2, 0) is 11.2 Å². The van der Waals surface area contributed by atoms with Crippen LogP contribution >= 0.6 is 11.6 Å². The number of nitrogens with zero attached hydrogens (tertiary/aromatic N) is 1. The van der Waals surface area contributed by atoms with Crippen LogP contribution in [0.5, 0.6) is 0 Å². The highest BCUT2D eigenvalue weighted by Gasteiger charge is 2.12. The second-order valence-corrected chi connectivity index (χ2v) is 4.07. The van der Waals surface area contributed by atoms with E-state index in [1.165, 1.54) is 0 Å². The van der Waals surface area contributed by atoms with Crippen molar-refractivity contribution in [1.29, 1.82) is 0 Å². The number of carbonyl (C=O) groups excluding carboxylic acids is 1. The Bertz CT molecular complexity index is 346. The number of hydrogen-bond acceptors (Lipinski definition) is 4. The first-order valence-electron chi connectivity index (χ1n) is 5.73. The highest BCUT2D eigenvalue weighted by atomic mass is 35.5. The fourth-order valence-electron chi connectivity index (χ4n) is 1.43. The number of carbonyl (C=O) groups is 1. The summed E-state index contributed by atoms with van der Waals surface area (Å²) in [5, 5.41) is 9.97. The lowest BCUT2D eigenvalue weighted by molar-refractivity contribution is -0.121. The summed E-state index contributed by atoms with van der Waals surface area (Å²) < 4.78 is 4.81. The van der Waals surface area contributed by atoms with Crippen molar-refractivity contribution in [2.45, 2.75) is 26.7 Å². The first kappa shape index (κ1) is 14.0. The highest BCUT2D eigenvalue weighted by Crippen LogP contribution is 2.20. The SMILES string of the molecule is CCNCCNC(=O)CCc1c(C)noc1Cl. The summed E-state index contributed by atoms with van der Waals surface area (Å²) >= 11 is 5.80. The van der Waals surface area contributed by atoms with Crippen LogP contribution in [-0.4, -0.2) is 30.7 Å². The molecule has 0 radical (unpaired) electrons. The minimum Gasteiger partial charge on any atom is -0.355 e. The van der Waals surface area contributed by atoms with Gasteiger partial charge >= 0.3 is 0 Å². The molecule has 17 heavy (non-hydrogen) atoms. The number of hydrogen-bond donors (Lipinski definition) is 2. The van der Waals surface area contributed by atoms with Gasteiger partial charge in [0.2, 0.25) is 11.1 Å². The molecule has 1 heterocycles. The molecule has 1 rings (SSSR count). The first-order chi connectivity index (χ1) is 8.15. The van der Waals surface area contributed by atoms with Gasteiger partial charge in [0.1, 0.15) is 0 Å². The van der Waals surface area contributed by atoms with Gasteiger partial charge in [-0.2, -0.15) is 0 Å². The van der Waals surface area contributed by atoms with E-state index < -0.39 is 0 Å². The summed E-state index contributed by atoms with van der Waals surface area (Å²) in [5.74, 6) is 0.0135. The van der Waals surface area contributed by atoms with E-state index in [0.717, 1.165) is 24.3 Å². The van der Waals surface area contributed by atoms with Gasteiger partial charge in [-0.25, -0.2) is 0 Å². The summed E-state index contributed by atoms with van der Waals surface area (Å²) in [6.45, 7) is 6.18. The maximum Gasteiger partial charge on any atom is 0.229 e. The summed E-state index contributed by atoms with van der Waals surface area (Å²) in [6, 6.07) is 0. The average Bonchev–Trinajstić information content (AvgIpc) is 2.62. The van der Waals surface area contributed by atoms with E-state index in [4.69, 9.17) is 16.1 Å². The number of amides is 1. The second-order valence-electron chi connectivity index (χ2n) is 3.72. The maximum atomic E-state index is 11.5. The largest absolute Gasteiger partial charge is 0.355 e. The van der Waals surface area contributed by atoms with E-state index in [9.17, 15) is 4.79 Å². The number of nitrogens with one attached hydrogen (secondary N) is 2. The third kappa shape index (κ3) is 4.75. The quantitative estimate of drug-likeness (QED) is 0.725. The lowest BCUT2D eigenvalue weighted by Gasteiger charge is -2.05. The van der Waals surface area contributed by atoms with Crippen molar-refractivity contribution in [2.75, 3.05) is 19.6 Å². The van der Waals surface area contributed by atoms with Gasteiger partial charge in [0.25, 0.3) is 0 Å². The molecule has 1 amide bonds. The van der Waals surface area contributed by atoms with Gasteiger partial charge in [0, 0.05) is 25.1 Å². The Labute approximate surface area is 106 Å². The smallest absolute Gasteiger partial charge is 0.229 e. The lowest BCUT2D eigenvalue weighted by Crippen LogP contribution is -2.31. The normalized spacial score (nSPS) is 10.5. The lowest BCUT2D eigenvalue weighted by atomic mass is 10.1. The van der Waals surface area contributed by atoms with Crippen LogP contribution in [0, 0.1) is 6.92 Å². The second kappa shape index (κ2) is 7.29. The summed E-state index contributed by atoms with van der Waals surface area (Å²) in [5.41, 5.74) is 1.56. The molecular weight excluding hydrogens is 242 g/mol. The number of rotatable bonds is 7. The Balaban J connectivity index is 2.24. The molecule has 96 valence electrons. The molecule has 0 aromatic carbocycles. The topological polar surface area (TPSA) is 67.2 Å². The van der Waals surface area contributed by atoms with Crippen LogP contribution in [0.3, 0.4) is 0 Å².